The summed E-state index contributed by atoms with van der Waals surface area (Å²) in [7, 11) is 0. The molecule has 0 amide bonds. The van der Waals surface area contributed by atoms with E-state index in [2.05, 4.69) is 168 Å². The Morgan fingerprint density at radius 1 is 0.468 bits per heavy atom. The Morgan fingerprint density at radius 3 is 2.02 bits per heavy atom. The summed E-state index contributed by atoms with van der Waals surface area (Å²) in [6, 6.07) is 58.7. The fraction of sp³-hybridized carbons (Fsp3) is 0. The zero-order valence-corrected chi connectivity index (χ0v) is 26.2. The van der Waals surface area contributed by atoms with Crippen LogP contribution in [0.1, 0.15) is 0 Å². The Kier molecular flexibility index (Phi) is 5.78. The molecule has 0 spiro atoms. The van der Waals surface area contributed by atoms with Crippen molar-refractivity contribution < 1.29 is 4.42 Å². The lowest BCUT2D eigenvalue weighted by Crippen LogP contribution is -1.92. The maximum absolute atomic E-state index is 6.61. The minimum absolute atomic E-state index is 0.903. The van der Waals surface area contributed by atoms with Crippen LogP contribution in [0.4, 0.5) is 0 Å². The number of hydrogen-bond donors (Lipinski definition) is 0. The van der Waals surface area contributed by atoms with Crippen molar-refractivity contribution >= 4 is 64.5 Å². The van der Waals surface area contributed by atoms with Crippen LogP contribution < -0.4 is 0 Å². The van der Waals surface area contributed by atoms with Gasteiger partial charge in [0.1, 0.15) is 11.2 Å². The zero-order chi connectivity index (χ0) is 30.9. The molecule has 0 aliphatic carbocycles. The molecule has 3 heteroatoms. The summed E-state index contributed by atoms with van der Waals surface area (Å²) < 4.78 is 11.6. The summed E-state index contributed by atoms with van der Waals surface area (Å²) >= 11 is 1.89. The first-order valence-electron chi connectivity index (χ1n) is 15.9. The molecule has 0 saturated carbocycles. The molecule has 7 aromatic carbocycles. The lowest BCUT2D eigenvalue weighted by Gasteiger charge is -2.12. The van der Waals surface area contributed by atoms with E-state index < -0.39 is 0 Å². The van der Waals surface area contributed by atoms with Gasteiger partial charge in [-0.1, -0.05) is 133 Å². The number of thiophene rings is 1. The van der Waals surface area contributed by atoms with Crippen LogP contribution in [-0.2, 0) is 0 Å². The molecule has 0 N–H and O–H groups in total. The normalized spacial score (nSPS) is 11.8. The number of fused-ring (bicyclic) bond motifs is 8. The molecule has 220 valence electrons. The first-order valence-corrected chi connectivity index (χ1v) is 16.8. The summed E-state index contributed by atoms with van der Waals surface area (Å²) in [5.74, 6) is 0. The second-order valence-corrected chi connectivity index (χ2v) is 13.1. The van der Waals surface area contributed by atoms with Crippen molar-refractivity contribution in [2.45, 2.75) is 0 Å². The van der Waals surface area contributed by atoms with Crippen molar-refractivity contribution in [3.63, 3.8) is 0 Å². The van der Waals surface area contributed by atoms with Crippen LogP contribution in [0, 0.1) is 0 Å². The predicted octanol–water partition coefficient (Wildman–Crippen LogP) is 12.9. The van der Waals surface area contributed by atoms with Crippen LogP contribution in [0.15, 0.2) is 168 Å². The highest BCUT2D eigenvalue weighted by Gasteiger charge is 2.20. The lowest BCUT2D eigenvalue weighted by molar-refractivity contribution is 0.670. The van der Waals surface area contributed by atoms with E-state index in [-0.39, 0.29) is 0 Å². The van der Waals surface area contributed by atoms with Crippen molar-refractivity contribution in [3.8, 4) is 39.1 Å². The van der Waals surface area contributed by atoms with Gasteiger partial charge in [0, 0.05) is 37.5 Å². The number of benzene rings is 7. The Morgan fingerprint density at radius 2 is 1.15 bits per heavy atom. The second-order valence-electron chi connectivity index (χ2n) is 12.1. The van der Waals surface area contributed by atoms with Gasteiger partial charge in [-0.05, 0) is 58.1 Å². The third kappa shape index (κ3) is 3.97. The number of rotatable bonds is 4. The van der Waals surface area contributed by atoms with Crippen LogP contribution in [-0.4, -0.2) is 4.57 Å². The maximum atomic E-state index is 6.61. The van der Waals surface area contributed by atoms with Crippen LogP contribution in [0.25, 0.3) is 92.2 Å². The van der Waals surface area contributed by atoms with E-state index in [0.29, 0.717) is 0 Å². The van der Waals surface area contributed by atoms with Crippen LogP contribution in [0.3, 0.4) is 0 Å². The van der Waals surface area contributed by atoms with Gasteiger partial charge in [-0.25, -0.2) is 0 Å². The smallest absolute Gasteiger partial charge is 0.143 e. The summed E-state index contributed by atoms with van der Waals surface area (Å²) in [5, 5.41) is 4.86. The Bertz CT molecular complexity index is 2780. The molecule has 2 nitrogen and oxygen atoms in total. The van der Waals surface area contributed by atoms with E-state index in [0.717, 1.165) is 33.1 Å². The fourth-order valence-electron chi connectivity index (χ4n) is 7.37. The molecule has 47 heavy (non-hydrogen) atoms. The molecule has 10 aromatic rings. The molecule has 3 aromatic heterocycles. The minimum Gasteiger partial charge on any atom is -0.455 e. The standard InChI is InChI=1S/C44H27NOS/c1-3-13-28(14-4-1)32-20-11-22-37-41-34(21-12-24-39(41)46-43(32)37)33-18-8-7-17-31(33)29-25-26-36-40(27-29)47-44-35-19-9-10-23-38(35)45(42(36)44)30-15-5-2-6-16-30/h1-27H. The predicted molar refractivity (Wildman–Crippen MR) is 200 cm³/mol. The SMILES string of the molecule is c1ccc(-c2cccc3c2oc2cccc(-c4ccccc4-c4ccc5c(c4)sc4c6ccccc6n(-c6ccccc6)c54)c23)cc1. The Labute approximate surface area is 275 Å². The highest BCUT2D eigenvalue weighted by atomic mass is 32.1. The maximum Gasteiger partial charge on any atom is 0.143 e. The number of aromatic nitrogens is 1. The summed E-state index contributed by atoms with van der Waals surface area (Å²) in [6.07, 6.45) is 0. The van der Waals surface area contributed by atoms with Crippen molar-refractivity contribution in [3.05, 3.63) is 164 Å². The molecule has 0 saturated heterocycles. The quantitative estimate of drug-likeness (QED) is 0.192. The molecule has 0 atom stereocenters. The van der Waals surface area contributed by atoms with Gasteiger partial charge < -0.3 is 8.98 Å². The number of furan rings is 1. The molecular weight excluding hydrogens is 591 g/mol. The van der Waals surface area contributed by atoms with Crippen molar-refractivity contribution in [1.82, 2.24) is 4.57 Å². The molecule has 0 aliphatic rings. The first-order chi connectivity index (χ1) is 23.3. The highest BCUT2D eigenvalue weighted by molar-refractivity contribution is 7.26. The molecule has 0 fully saturated rings. The van der Waals surface area contributed by atoms with E-state index in [9.17, 15) is 0 Å². The van der Waals surface area contributed by atoms with Crippen molar-refractivity contribution in [1.29, 1.82) is 0 Å². The van der Waals surface area contributed by atoms with E-state index >= 15 is 0 Å². The number of hydrogen-bond acceptors (Lipinski definition) is 2. The average Bonchev–Trinajstić information content (AvgIpc) is 3.81. The third-order valence-corrected chi connectivity index (χ3v) is 10.6. The number of para-hydroxylation sites is 3. The van der Waals surface area contributed by atoms with Gasteiger partial charge in [0.05, 0.1) is 15.7 Å². The third-order valence-electron chi connectivity index (χ3n) is 9.43. The van der Waals surface area contributed by atoms with Gasteiger partial charge in [0.25, 0.3) is 0 Å². The largest absolute Gasteiger partial charge is 0.455 e. The van der Waals surface area contributed by atoms with E-state index in [1.54, 1.807) is 0 Å². The van der Waals surface area contributed by atoms with Crippen molar-refractivity contribution in [2.75, 3.05) is 0 Å². The molecule has 0 radical (unpaired) electrons. The molecule has 3 heterocycles. The number of nitrogens with zero attached hydrogens (tertiary/aromatic N) is 1. The summed E-state index contributed by atoms with van der Waals surface area (Å²) in [4.78, 5) is 0. The van der Waals surface area contributed by atoms with Crippen LogP contribution >= 0.6 is 11.3 Å². The Hall–Kier alpha value is -5.90. The summed E-state index contributed by atoms with van der Waals surface area (Å²) in [5.41, 5.74) is 12.6. The second kappa shape index (κ2) is 10.3. The van der Waals surface area contributed by atoms with Gasteiger partial charge in [-0.2, -0.15) is 0 Å². The van der Waals surface area contributed by atoms with Gasteiger partial charge >= 0.3 is 0 Å². The van der Waals surface area contributed by atoms with Gasteiger partial charge in [0.2, 0.25) is 0 Å². The highest BCUT2D eigenvalue weighted by Crippen LogP contribution is 2.46. The molecule has 0 unspecified atom stereocenters. The van der Waals surface area contributed by atoms with Crippen LogP contribution in [0.5, 0.6) is 0 Å². The Balaban J connectivity index is 1.18. The van der Waals surface area contributed by atoms with Gasteiger partial charge in [0.15, 0.2) is 0 Å². The topological polar surface area (TPSA) is 18.1 Å². The minimum atomic E-state index is 0.903. The van der Waals surface area contributed by atoms with Crippen LogP contribution in [0.2, 0.25) is 0 Å². The van der Waals surface area contributed by atoms with Crippen molar-refractivity contribution in [2.24, 2.45) is 0 Å². The zero-order valence-electron chi connectivity index (χ0n) is 25.4. The molecule has 0 aliphatic heterocycles. The molecular formula is C44H27NOS. The lowest BCUT2D eigenvalue weighted by atomic mass is 9.91. The van der Waals surface area contributed by atoms with E-state index in [4.69, 9.17) is 4.42 Å². The first kappa shape index (κ1) is 26.3. The monoisotopic (exact) mass is 617 g/mol. The van der Waals surface area contributed by atoms with E-state index in [1.807, 2.05) is 11.3 Å². The molecule has 0 bridgehead atoms. The molecule has 10 rings (SSSR count). The summed E-state index contributed by atoms with van der Waals surface area (Å²) in [6.45, 7) is 0. The fourth-order valence-corrected chi connectivity index (χ4v) is 8.63. The average molecular weight is 618 g/mol. The van der Waals surface area contributed by atoms with Gasteiger partial charge in [-0.3, -0.25) is 0 Å². The van der Waals surface area contributed by atoms with E-state index in [1.165, 1.54) is 59.1 Å². The van der Waals surface area contributed by atoms with Gasteiger partial charge in [-0.15, -0.1) is 11.3 Å².